The highest BCUT2D eigenvalue weighted by molar-refractivity contribution is 5.67. The van der Waals surface area contributed by atoms with E-state index in [0.717, 1.165) is 13.0 Å². The first-order valence-electron chi connectivity index (χ1n) is 7.29. The Morgan fingerprint density at radius 3 is 2.20 bits per heavy atom. The number of nitrogens with one attached hydrogen (secondary N) is 2. The number of carbonyl (C=O) groups is 1. The van der Waals surface area contributed by atoms with Crippen molar-refractivity contribution < 1.29 is 19.0 Å². The third-order valence-corrected chi connectivity index (χ3v) is 2.21. The molecule has 0 fully saturated rings. The van der Waals surface area contributed by atoms with Gasteiger partial charge >= 0.3 is 6.09 Å². The third-order valence-electron chi connectivity index (χ3n) is 2.21. The lowest BCUT2D eigenvalue weighted by atomic mass is 10.2. The van der Waals surface area contributed by atoms with E-state index in [2.05, 4.69) is 10.6 Å². The minimum atomic E-state index is -0.454. The van der Waals surface area contributed by atoms with Crippen molar-refractivity contribution in [3.63, 3.8) is 0 Å². The van der Waals surface area contributed by atoms with E-state index in [1.807, 2.05) is 34.6 Å². The Kier molecular flexibility index (Phi) is 10.4. The molecule has 0 atom stereocenters. The largest absolute Gasteiger partial charge is 0.444 e. The predicted octanol–water partition coefficient (Wildman–Crippen LogP) is 1.89. The van der Waals surface area contributed by atoms with Gasteiger partial charge in [0.15, 0.2) is 6.29 Å². The molecule has 0 aromatic heterocycles. The van der Waals surface area contributed by atoms with Crippen LogP contribution in [0.15, 0.2) is 0 Å². The minimum absolute atomic E-state index is 0.205. The molecule has 0 saturated carbocycles. The molecule has 0 aromatic rings. The van der Waals surface area contributed by atoms with Crippen LogP contribution in [0.4, 0.5) is 4.79 Å². The molecule has 0 radical (unpaired) electrons. The molecule has 1 amide bonds. The molecule has 0 spiro atoms. The van der Waals surface area contributed by atoms with E-state index in [1.165, 1.54) is 0 Å². The van der Waals surface area contributed by atoms with Crippen molar-refractivity contribution in [1.29, 1.82) is 0 Å². The number of alkyl carbamates (subject to hydrolysis) is 1. The molecule has 2 N–H and O–H groups in total. The molecule has 0 bridgehead atoms. The SMILES string of the molecule is CCOC(CNCCCNC(=O)OC(C)(C)C)OCC. The maximum absolute atomic E-state index is 11.4. The van der Waals surface area contributed by atoms with Crippen molar-refractivity contribution >= 4 is 6.09 Å². The van der Waals surface area contributed by atoms with Crippen LogP contribution in [0.3, 0.4) is 0 Å². The summed E-state index contributed by atoms with van der Waals surface area (Å²) in [5.41, 5.74) is -0.454. The van der Waals surface area contributed by atoms with Crippen molar-refractivity contribution in [3.8, 4) is 0 Å². The molecule has 0 aromatic carbocycles. The van der Waals surface area contributed by atoms with Gasteiger partial charge in [-0.15, -0.1) is 0 Å². The summed E-state index contributed by atoms with van der Waals surface area (Å²) in [7, 11) is 0. The number of rotatable bonds is 10. The molecule has 120 valence electrons. The average molecular weight is 290 g/mol. The lowest BCUT2D eigenvalue weighted by molar-refractivity contribution is -0.132. The number of carbonyl (C=O) groups excluding carboxylic acids is 1. The molecule has 0 aliphatic rings. The van der Waals surface area contributed by atoms with Crippen LogP contribution in [-0.2, 0) is 14.2 Å². The minimum Gasteiger partial charge on any atom is -0.444 e. The number of ether oxygens (including phenoxy) is 3. The zero-order valence-electron chi connectivity index (χ0n) is 13.5. The maximum atomic E-state index is 11.4. The molecular formula is C14H30N2O4. The number of hydrogen-bond acceptors (Lipinski definition) is 5. The van der Waals surface area contributed by atoms with E-state index in [4.69, 9.17) is 14.2 Å². The first-order chi connectivity index (χ1) is 9.39. The molecule has 6 nitrogen and oxygen atoms in total. The molecule has 0 aliphatic carbocycles. The predicted molar refractivity (Wildman–Crippen MR) is 78.8 cm³/mol. The summed E-state index contributed by atoms with van der Waals surface area (Å²) in [6, 6.07) is 0. The lowest BCUT2D eigenvalue weighted by Gasteiger charge is -2.20. The van der Waals surface area contributed by atoms with Crippen LogP contribution in [0, 0.1) is 0 Å². The molecule has 6 heteroatoms. The van der Waals surface area contributed by atoms with Gasteiger partial charge < -0.3 is 24.8 Å². The Labute approximate surface area is 122 Å². The van der Waals surface area contributed by atoms with Crippen LogP contribution in [0.2, 0.25) is 0 Å². The van der Waals surface area contributed by atoms with Crippen LogP contribution in [-0.4, -0.2) is 50.8 Å². The molecule has 0 unspecified atom stereocenters. The Balaban J connectivity index is 3.54. The van der Waals surface area contributed by atoms with E-state index in [9.17, 15) is 4.79 Å². The van der Waals surface area contributed by atoms with E-state index < -0.39 is 5.60 Å². The van der Waals surface area contributed by atoms with Crippen LogP contribution in [0.5, 0.6) is 0 Å². The van der Waals surface area contributed by atoms with Gasteiger partial charge in [-0.3, -0.25) is 0 Å². The van der Waals surface area contributed by atoms with E-state index in [1.54, 1.807) is 0 Å². The van der Waals surface area contributed by atoms with Gasteiger partial charge in [0, 0.05) is 26.3 Å². The maximum Gasteiger partial charge on any atom is 0.407 e. The van der Waals surface area contributed by atoms with E-state index >= 15 is 0 Å². The topological polar surface area (TPSA) is 68.8 Å². The quantitative estimate of drug-likeness (QED) is 0.475. The summed E-state index contributed by atoms with van der Waals surface area (Å²) >= 11 is 0. The summed E-state index contributed by atoms with van der Waals surface area (Å²) < 4.78 is 16.0. The van der Waals surface area contributed by atoms with Crippen molar-refractivity contribution in [3.05, 3.63) is 0 Å². The first-order valence-corrected chi connectivity index (χ1v) is 7.29. The molecular weight excluding hydrogens is 260 g/mol. The van der Waals surface area contributed by atoms with Gasteiger partial charge in [0.2, 0.25) is 0 Å². The summed E-state index contributed by atoms with van der Waals surface area (Å²) in [5, 5.41) is 5.95. The van der Waals surface area contributed by atoms with Crippen molar-refractivity contribution in [2.75, 3.05) is 32.8 Å². The Morgan fingerprint density at radius 1 is 1.10 bits per heavy atom. The zero-order chi connectivity index (χ0) is 15.4. The molecule has 0 saturated heterocycles. The Morgan fingerprint density at radius 2 is 1.70 bits per heavy atom. The van der Waals surface area contributed by atoms with Gasteiger partial charge in [0.05, 0.1) is 0 Å². The normalized spacial score (nSPS) is 11.7. The van der Waals surface area contributed by atoms with Crippen molar-refractivity contribution in [1.82, 2.24) is 10.6 Å². The lowest BCUT2D eigenvalue weighted by Crippen LogP contribution is -2.35. The second-order valence-corrected chi connectivity index (χ2v) is 5.33. The van der Waals surface area contributed by atoms with Gasteiger partial charge in [-0.2, -0.15) is 0 Å². The summed E-state index contributed by atoms with van der Waals surface area (Å²) in [6.45, 7) is 12.7. The zero-order valence-corrected chi connectivity index (χ0v) is 13.5. The highest BCUT2D eigenvalue weighted by Crippen LogP contribution is 2.06. The van der Waals surface area contributed by atoms with Gasteiger partial charge in [-0.1, -0.05) is 0 Å². The first kappa shape index (κ1) is 19.1. The van der Waals surface area contributed by atoms with Crippen molar-refractivity contribution in [2.24, 2.45) is 0 Å². The third kappa shape index (κ3) is 12.2. The molecule has 0 aliphatic heterocycles. The van der Waals surface area contributed by atoms with Crippen molar-refractivity contribution in [2.45, 2.75) is 52.9 Å². The number of hydrogen-bond donors (Lipinski definition) is 2. The second-order valence-electron chi connectivity index (χ2n) is 5.33. The van der Waals surface area contributed by atoms with Crippen LogP contribution in [0.25, 0.3) is 0 Å². The van der Waals surface area contributed by atoms with Crippen LogP contribution in [0.1, 0.15) is 41.0 Å². The van der Waals surface area contributed by atoms with Gasteiger partial charge in [-0.05, 0) is 47.6 Å². The van der Waals surface area contributed by atoms with Gasteiger partial charge in [0.25, 0.3) is 0 Å². The highest BCUT2D eigenvalue weighted by atomic mass is 16.7. The summed E-state index contributed by atoms with van der Waals surface area (Å²) in [4.78, 5) is 11.4. The second kappa shape index (κ2) is 10.9. The van der Waals surface area contributed by atoms with Crippen LogP contribution < -0.4 is 10.6 Å². The standard InChI is InChI=1S/C14H30N2O4/c1-6-18-12(19-7-2)11-15-9-8-10-16-13(17)20-14(3,4)5/h12,15H,6-11H2,1-5H3,(H,16,17). The average Bonchev–Trinajstić information content (AvgIpc) is 2.31. The fourth-order valence-electron chi connectivity index (χ4n) is 1.48. The van der Waals surface area contributed by atoms with E-state index in [0.29, 0.717) is 26.3 Å². The molecule has 0 rings (SSSR count). The van der Waals surface area contributed by atoms with Crippen LogP contribution >= 0.6 is 0 Å². The smallest absolute Gasteiger partial charge is 0.407 e. The fourth-order valence-corrected chi connectivity index (χ4v) is 1.48. The monoisotopic (exact) mass is 290 g/mol. The number of amides is 1. The molecule has 0 heterocycles. The Bertz CT molecular complexity index is 248. The Hall–Kier alpha value is -0.850. The summed E-state index contributed by atoms with van der Waals surface area (Å²) in [5.74, 6) is 0. The molecule has 20 heavy (non-hydrogen) atoms. The highest BCUT2D eigenvalue weighted by Gasteiger charge is 2.15. The summed E-state index contributed by atoms with van der Waals surface area (Å²) in [6.07, 6.45) is 0.243. The van der Waals surface area contributed by atoms with Gasteiger partial charge in [-0.25, -0.2) is 4.79 Å². The van der Waals surface area contributed by atoms with Gasteiger partial charge in [0.1, 0.15) is 5.60 Å². The fraction of sp³-hybridized carbons (Fsp3) is 0.929. The van der Waals surface area contributed by atoms with E-state index in [-0.39, 0.29) is 12.4 Å².